The molecule has 1 aromatic heterocycles. The van der Waals surface area contributed by atoms with E-state index in [0.717, 1.165) is 24.6 Å². The fourth-order valence-electron chi connectivity index (χ4n) is 2.06. The molecule has 1 aromatic rings. The highest BCUT2D eigenvalue weighted by atomic mass is 16.6. The lowest BCUT2D eigenvalue weighted by Gasteiger charge is -2.26. The third-order valence-electron chi connectivity index (χ3n) is 2.84. The summed E-state index contributed by atoms with van der Waals surface area (Å²) in [6, 6.07) is 2.03. The van der Waals surface area contributed by atoms with Crippen LogP contribution in [0.5, 0.6) is 0 Å². The average Bonchev–Trinajstić information content (AvgIpc) is 2.63. The summed E-state index contributed by atoms with van der Waals surface area (Å²) < 4.78 is 7.15. The van der Waals surface area contributed by atoms with Crippen molar-refractivity contribution >= 4 is 11.9 Å². The van der Waals surface area contributed by atoms with Gasteiger partial charge in [0.1, 0.15) is 11.4 Å². The second-order valence-electron chi connectivity index (χ2n) is 5.98. The number of carbonyl (C=O) groups excluding carboxylic acids is 1. The van der Waals surface area contributed by atoms with Crippen molar-refractivity contribution in [2.24, 2.45) is 5.92 Å². The van der Waals surface area contributed by atoms with Gasteiger partial charge in [-0.1, -0.05) is 0 Å². The number of anilines is 1. The van der Waals surface area contributed by atoms with E-state index in [9.17, 15) is 4.79 Å². The summed E-state index contributed by atoms with van der Waals surface area (Å²) in [7, 11) is 0. The van der Waals surface area contributed by atoms with Crippen LogP contribution in [0, 0.1) is 12.8 Å². The fraction of sp³-hybridized carbons (Fsp3) is 0.692. The van der Waals surface area contributed by atoms with Crippen molar-refractivity contribution in [3.63, 3.8) is 0 Å². The summed E-state index contributed by atoms with van der Waals surface area (Å²) >= 11 is 0. The normalized spacial score (nSPS) is 18.4. The number of aromatic nitrogens is 2. The summed E-state index contributed by atoms with van der Waals surface area (Å²) in [5, 5.41) is 10.5. The molecule has 1 amide bonds. The van der Waals surface area contributed by atoms with Crippen molar-refractivity contribution in [3.8, 4) is 0 Å². The third-order valence-corrected chi connectivity index (χ3v) is 2.84. The first-order valence-corrected chi connectivity index (χ1v) is 6.59. The summed E-state index contributed by atoms with van der Waals surface area (Å²) in [4.78, 5) is 11.6. The molecule has 0 bridgehead atoms. The van der Waals surface area contributed by atoms with E-state index in [1.807, 2.05) is 38.4 Å². The average molecular weight is 266 g/mol. The van der Waals surface area contributed by atoms with E-state index in [1.165, 1.54) is 0 Å². The van der Waals surface area contributed by atoms with Gasteiger partial charge in [-0.15, -0.1) is 0 Å². The van der Waals surface area contributed by atoms with Gasteiger partial charge in [0.15, 0.2) is 0 Å². The molecular weight excluding hydrogens is 244 g/mol. The summed E-state index contributed by atoms with van der Waals surface area (Å²) in [5.41, 5.74) is 0.546. The van der Waals surface area contributed by atoms with Crippen molar-refractivity contribution < 1.29 is 9.53 Å². The Morgan fingerprint density at radius 1 is 1.63 bits per heavy atom. The van der Waals surface area contributed by atoms with Crippen molar-refractivity contribution in [2.75, 3.05) is 18.4 Å². The first-order valence-electron chi connectivity index (χ1n) is 6.59. The van der Waals surface area contributed by atoms with Crippen LogP contribution < -0.4 is 10.6 Å². The molecule has 0 aliphatic carbocycles. The summed E-state index contributed by atoms with van der Waals surface area (Å²) in [6.07, 6.45) is -0.366. The number of carbonyl (C=O) groups is 1. The Hall–Kier alpha value is -1.72. The number of ether oxygens (including phenoxy) is 1. The van der Waals surface area contributed by atoms with E-state index in [0.29, 0.717) is 12.5 Å². The van der Waals surface area contributed by atoms with Gasteiger partial charge in [-0.25, -0.2) is 9.48 Å². The number of rotatable bonds is 2. The van der Waals surface area contributed by atoms with E-state index < -0.39 is 5.60 Å². The van der Waals surface area contributed by atoms with Crippen LogP contribution in [-0.2, 0) is 11.3 Å². The highest BCUT2D eigenvalue weighted by Crippen LogP contribution is 2.18. The zero-order chi connectivity index (χ0) is 14.0. The van der Waals surface area contributed by atoms with Gasteiger partial charge < -0.3 is 15.4 Å². The van der Waals surface area contributed by atoms with E-state index in [1.54, 1.807) is 0 Å². The van der Waals surface area contributed by atoms with Crippen molar-refractivity contribution in [3.05, 3.63) is 11.8 Å². The van der Waals surface area contributed by atoms with E-state index in [2.05, 4.69) is 15.7 Å². The molecule has 1 aliphatic rings. The maximum atomic E-state index is 11.6. The molecule has 106 valence electrons. The zero-order valence-corrected chi connectivity index (χ0v) is 12.0. The van der Waals surface area contributed by atoms with Crippen LogP contribution in [0.4, 0.5) is 10.6 Å². The molecule has 2 N–H and O–H groups in total. The predicted molar refractivity (Wildman–Crippen MR) is 73.2 cm³/mol. The standard InChI is InChI=1S/C13H22N4O2/c1-9-5-11-14-6-10(8-17(11)16-9)7-15-12(18)19-13(2,3)4/h5,10,14H,6-8H2,1-4H3,(H,15,18). The third kappa shape index (κ3) is 3.87. The minimum atomic E-state index is -0.457. The van der Waals surface area contributed by atoms with Crippen LogP contribution in [0.1, 0.15) is 26.5 Å². The molecule has 1 atom stereocenters. The van der Waals surface area contributed by atoms with Crippen LogP contribution in [0.3, 0.4) is 0 Å². The molecule has 2 rings (SSSR count). The van der Waals surface area contributed by atoms with Gasteiger partial charge in [-0.3, -0.25) is 0 Å². The molecule has 19 heavy (non-hydrogen) atoms. The summed E-state index contributed by atoms with van der Waals surface area (Å²) in [5.74, 6) is 1.37. The fourth-order valence-corrected chi connectivity index (χ4v) is 2.06. The largest absolute Gasteiger partial charge is 0.444 e. The SMILES string of the molecule is Cc1cc2n(n1)CC(CNC(=O)OC(C)(C)C)CN2. The molecule has 2 heterocycles. The maximum absolute atomic E-state index is 11.6. The van der Waals surface area contributed by atoms with Gasteiger partial charge in [0.25, 0.3) is 0 Å². The molecule has 1 aliphatic heterocycles. The second-order valence-corrected chi connectivity index (χ2v) is 5.98. The number of aryl methyl sites for hydroxylation is 1. The lowest BCUT2D eigenvalue weighted by atomic mass is 10.1. The van der Waals surface area contributed by atoms with Crippen LogP contribution in [0.15, 0.2) is 6.07 Å². The molecule has 6 heteroatoms. The quantitative estimate of drug-likeness (QED) is 0.856. The minimum Gasteiger partial charge on any atom is -0.444 e. The number of amides is 1. The number of hydrogen-bond donors (Lipinski definition) is 2. The lowest BCUT2D eigenvalue weighted by Crippen LogP contribution is -2.40. The predicted octanol–water partition coefficient (Wildman–Crippen LogP) is 1.76. The molecule has 0 saturated heterocycles. The smallest absolute Gasteiger partial charge is 0.407 e. The monoisotopic (exact) mass is 266 g/mol. The van der Waals surface area contributed by atoms with Crippen LogP contribution in [0.25, 0.3) is 0 Å². The Labute approximate surface area is 113 Å². The number of fused-ring (bicyclic) bond motifs is 1. The Morgan fingerprint density at radius 2 is 2.37 bits per heavy atom. The lowest BCUT2D eigenvalue weighted by molar-refractivity contribution is 0.0518. The molecule has 0 saturated carbocycles. The maximum Gasteiger partial charge on any atom is 0.407 e. The van der Waals surface area contributed by atoms with Gasteiger partial charge in [0.2, 0.25) is 0 Å². The first-order chi connectivity index (χ1) is 8.83. The van der Waals surface area contributed by atoms with Crippen LogP contribution in [0.2, 0.25) is 0 Å². The molecule has 0 spiro atoms. The Morgan fingerprint density at radius 3 is 3.05 bits per heavy atom. The zero-order valence-electron chi connectivity index (χ0n) is 12.0. The highest BCUT2D eigenvalue weighted by Gasteiger charge is 2.21. The van der Waals surface area contributed by atoms with E-state index in [-0.39, 0.29) is 6.09 Å². The van der Waals surface area contributed by atoms with Gasteiger partial charge in [0, 0.05) is 31.6 Å². The molecule has 6 nitrogen and oxygen atoms in total. The minimum absolute atomic E-state index is 0.319. The summed E-state index contributed by atoms with van der Waals surface area (Å²) in [6.45, 7) is 9.77. The number of alkyl carbamates (subject to hydrolysis) is 1. The molecule has 1 unspecified atom stereocenters. The first kappa shape index (κ1) is 13.7. The molecule has 0 fully saturated rings. The molecule has 0 aromatic carbocycles. The molecular formula is C13H22N4O2. The topological polar surface area (TPSA) is 68.2 Å². The Bertz CT molecular complexity index is 462. The van der Waals surface area contributed by atoms with Gasteiger partial charge in [-0.2, -0.15) is 5.10 Å². The van der Waals surface area contributed by atoms with Crippen molar-refractivity contribution in [2.45, 2.75) is 39.8 Å². The van der Waals surface area contributed by atoms with Crippen LogP contribution in [-0.4, -0.2) is 34.6 Å². The number of nitrogens with zero attached hydrogens (tertiary/aromatic N) is 2. The molecule has 0 radical (unpaired) electrons. The second kappa shape index (κ2) is 5.11. The van der Waals surface area contributed by atoms with Gasteiger partial charge >= 0.3 is 6.09 Å². The van der Waals surface area contributed by atoms with E-state index >= 15 is 0 Å². The van der Waals surface area contributed by atoms with Crippen molar-refractivity contribution in [1.82, 2.24) is 15.1 Å². The van der Waals surface area contributed by atoms with Crippen LogP contribution >= 0.6 is 0 Å². The van der Waals surface area contributed by atoms with Gasteiger partial charge in [-0.05, 0) is 27.7 Å². The van der Waals surface area contributed by atoms with Crippen molar-refractivity contribution in [1.29, 1.82) is 0 Å². The number of nitrogens with one attached hydrogen (secondary N) is 2. The highest BCUT2D eigenvalue weighted by molar-refractivity contribution is 5.67. The van der Waals surface area contributed by atoms with Gasteiger partial charge in [0.05, 0.1) is 5.69 Å². The van der Waals surface area contributed by atoms with E-state index in [4.69, 9.17) is 4.74 Å². The Balaban J connectivity index is 1.81. The number of hydrogen-bond acceptors (Lipinski definition) is 4. The Kier molecular flexibility index (Phi) is 3.68.